The van der Waals surface area contributed by atoms with E-state index in [4.69, 9.17) is 9.47 Å². The number of carbonyl (C=O) groups is 1. The van der Waals surface area contributed by atoms with E-state index in [0.717, 1.165) is 22.5 Å². The predicted octanol–water partition coefficient (Wildman–Crippen LogP) is 3.27. The Morgan fingerprint density at radius 1 is 1.24 bits per heavy atom. The van der Waals surface area contributed by atoms with E-state index < -0.39 is 11.9 Å². The van der Waals surface area contributed by atoms with Crippen LogP contribution in [0.15, 0.2) is 42.7 Å². The number of hydrogen-bond donors (Lipinski definition) is 1. The highest BCUT2D eigenvalue weighted by Gasteiger charge is 2.25. The third kappa shape index (κ3) is 3.28. The van der Waals surface area contributed by atoms with Gasteiger partial charge in [-0.25, -0.2) is 4.98 Å². The lowest BCUT2D eigenvalue weighted by Crippen LogP contribution is -2.11. The summed E-state index contributed by atoms with van der Waals surface area (Å²) in [5.74, 6) is -0.0301. The number of hydrogen-bond acceptors (Lipinski definition) is 4. The molecule has 0 spiro atoms. The molecule has 0 saturated heterocycles. The van der Waals surface area contributed by atoms with Crippen molar-refractivity contribution in [1.29, 1.82) is 0 Å². The molecule has 1 N–H and O–H groups in total. The fourth-order valence-corrected chi connectivity index (χ4v) is 3.02. The maximum Gasteiger partial charge on any atom is 0.304 e. The van der Waals surface area contributed by atoms with Crippen LogP contribution in [0.25, 0.3) is 5.65 Å². The van der Waals surface area contributed by atoms with Crippen molar-refractivity contribution in [3.05, 3.63) is 59.5 Å². The summed E-state index contributed by atoms with van der Waals surface area (Å²) < 4.78 is 12.7. The van der Waals surface area contributed by atoms with Gasteiger partial charge < -0.3 is 19.0 Å². The number of aromatic nitrogens is 2. The van der Waals surface area contributed by atoms with Crippen LogP contribution in [0.4, 0.5) is 0 Å². The first kappa shape index (κ1) is 16.8. The van der Waals surface area contributed by atoms with Gasteiger partial charge in [-0.2, -0.15) is 0 Å². The Bertz CT molecular complexity index is 917. The Kier molecular flexibility index (Phi) is 4.61. The molecule has 130 valence electrons. The normalized spacial score (nSPS) is 12.1. The molecule has 25 heavy (non-hydrogen) atoms. The Hall–Kier alpha value is -3.02. The minimum atomic E-state index is -0.884. The predicted molar refractivity (Wildman–Crippen MR) is 93.6 cm³/mol. The Morgan fingerprint density at radius 2 is 2.04 bits per heavy atom. The summed E-state index contributed by atoms with van der Waals surface area (Å²) in [4.78, 5) is 15.9. The van der Waals surface area contributed by atoms with Crippen molar-refractivity contribution in [3.8, 4) is 11.5 Å². The zero-order valence-corrected chi connectivity index (χ0v) is 14.4. The highest BCUT2D eigenvalue weighted by atomic mass is 16.5. The number of ether oxygens (including phenoxy) is 2. The van der Waals surface area contributed by atoms with Crippen molar-refractivity contribution < 1.29 is 19.4 Å². The lowest BCUT2D eigenvalue weighted by Gasteiger charge is -2.19. The Morgan fingerprint density at radius 3 is 2.72 bits per heavy atom. The molecule has 0 aliphatic rings. The van der Waals surface area contributed by atoms with Gasteiger partial charge in [0.05, 0.1) is 26.3 Å². The van der Waals surface area contributed by atoms with Crippen LogP contribution < -0.4 is 9.47 Å². The summed E-state index contributed by atoms with van der Waals surface area (Å²) >= 11 is 0. The fourth-order valence-electron chi connectivity index (χ4n) is 3.02. The van der Waals surface area contributed by atoms with Gasteiger partial charge in [0, 0.05) is 29.9 Å². The minimum Gasteiger partial charge on any atom is -0.497 e. The smallest absolute Gasteiger partial charge is 0.304 e. The molecule has 0 amide bonds. The molecule has 0 saturated carbocycles. The molecule has 2 heterocycles. The molecule has 0 bridgehead atoms. The number of nitrogens with zero attached hydrogens (tertiary/aromatic N) is 2. The van der Waals surface area contributed by atoms with E-state index in [9.17, 15) is 9.90 Å². The zero-order valence-electron chi connectivity index (χ0n) is 14.4. The van der Waals surface area contributed by atoms with E-state index in [2.05, 4.69) is 4.98 Å². The van der Waals surface area contributed by atoms with Crippen LogP contribution in [0, 0.1) is 6.92 Å². The van der Waals surface area contributed by atoms with Gasteiger partial charge in [0.25, 0.3) is 0 Å². The number of pyridine rings is 1. The number of aliphatic carboxylic acids is 1. The molecule has 2 aromatic heterocycles. The van der Waals surface area contributed by atoms with Crippen LogP contribution in [0.1, 0.15) is 29.2 Å². The number of fused-ring (bicyclic) bond motifs is 1. The molecule has 6 nitrogen and oxygen atoms in total. The number of carboxylic acid groups (broad SMARTS) is 1. The van der Waals surface area contributed by atoms with Gasteiger partial charge in [-0.3, -0.25) is 4.79 Å². The third-order valence-corrected chi connectivity index (χ3v) is 4.23. The quantitative estimate of drug-likeness (QED) is 0.745. The van der Waals surface area contributed by atoms with E-state index in [0.29, 0.717) is 11.5 Å². The molecule has 3 aromatic rings. The van der Waals surface area contributed by atoms with Crippen molar-refractivity contribution in [2.45, 2.75) is 19.3 Å². The molecular formula is C19H20N2O4. The first-order chi connectivity index (χ1) is 12.0. The van der Waals surface area contributed by atoms with E-state index in [-0.39, 0.29) is 6.42 Å². The maximum atomic E-state index is 11.5. The summed E-state index contributed by atoms with van der Waals surface area (Å²) in [6.07, 6.45) is 3.62. The van der Waals surface area contributed by atoms with Crippen molar-refractivity contribution in [2.75, 3.05) is 14.2 Å². The summed E-state index contributed by atoms with van der Waals surface area (Å²) in [6, 6.07) is 9.31. The number of methoxy groups -OCH3 is 2. The molecule has 0 aliphatic heterocycles. The van der Waals surface area contributed by atoms with Gasteiger partial charge in [0.2, 0.25) is 0 Å². The van der Waals surface area contributed by atoms with E-state index in [1.54, 1.807) is 32.5 Å². The van der Waals surface area contributed by atoms with Crippen LogP contribution in [-0.2, 0) is 4.79 Å². The van der Waals surface area contributed by atoms with Gasteiger partial charge in [-0.05, 0) is 24.6 Å². The molecule has 1 atom stereocenters. The summed E-state index contributed by atoms with van der Waals surface area (Å²) in [5.41, 5.74) is 3.45. The van der Waals surface area contributed by atoms with Crippen LogP contribution >= 0.6 is 0 Å². The standard InChI is InChI=1S/C19H20N2O4/c1-12-4-7-18-20-10-16(21(18)11-12)15(9-19(22)23)14-6-5-13(24-2)8-17(14)25-3/h4-8,10-11,15H,9H2,1-3H3,(H,22,23). The van der Waals surface area contributed by atoms with Crippen molar-refractivity contribution in [2.24, 2.45) is 0 Å². The summed E-state index contributed by atoms with van der Waals surface area (Å²) in [5, 5.41) is 9.44. The van der Waals surface area contributed by atoms with Gasteiger partial charge in [0.1, 0.15) is 17.1 Å². The van der Waals surface area contributed by atoms with Crippen molar-refractivity contribution in [1.82, 2.24) is 9.38 Å². The van der Waals surface area contributed by atoms with E-state index >= 15 is 0 Å². The second-order valence-corrected chi connectivity index (χ2v) is 5.88. The largest absolute Gasteiger partial charge is 0.497 e. The van der Waals surface area contributed by atoms with Crippen molar-refractivity contribution in [3.63, 3.8) is 0 Å². The first-order valence-electron chi connectivity index (χ1n) is 7.90. The first-order valence-corrected chi connectivity index (χ1v) is 7.90. The number of aryl methyl sites for hydroxylation is 1. The van der Waals surface area contributed by atoms with Crippen molar-refractivity contribution >= 4 is 11.6 Å². The molecule has 3 rings (SSSR count). The zero-order chi connectivity index (χ0) is 18.0. The number of rotatable bonds is 6. The van der Waals surface area contributed by atoms with E-state index in [1.807, 2.05) is 35.7 Å². The Labute approximate surface area is 145 Å². The van der Waals surface area contributed by atoms with E-state index in [1.165, 1.54) is 0 Å². The highest BCUT2D eigenvalue weighted by molar-refractivity contribution is 5.69. The fraction of sp³-hybridized carbons (Fsp3) is 0.263. The number of imidazole rings is 1. The molecule has 1 aromatic carbocycles. The summed E-state index contributed by atoms with van der Waals surface area (Å²) in [6.45, 7) is 1.99. The molecular weight excluding hydrogens is 320 g/mol. The third-order valence-electron chi connectivity index (χ3n) is 4.23. The molecule has 0 aliphatic carbocycles. The molecule has 1 unspecified atom stereocenters. The number of benzene rings is 1. The Balaban J connectivity index is 2.18. The number of carboxylic acids is 1. The van der Waals surface area contributed by atoms with Gasteiger partial charge >= 0.3 is 5.97 Å². The monoisotopic (exact) mass is 340 g/mol. The van der Waals surface area contributed by atoms with Gasteiger partial charge in [-0.1, -0.05) is 12.1 Å². The van der Waals surface area contributed by atoms with Gasteiger partial charge in [0.15, 0.2) is 0 Å². The average molecular weight is 340 g/mol. The molecule has 6 heteroatoms. The maximum absolute atomic E-state index is 11.5. The average Bonchev–Trinajstić information content (AvgIpc) is 3.01. The topological polar surface area (TPSA) is 73.1 Å². The SMILES string of the molecule is COc1ccc(C(CC(=O)O)c2cnc3ccc(C)cn23)c(OC)c1. The van der Waals surface area contributed by atoms with Crippen LogP contribution in [0.5, 0.6) is 11.5 Å². The lowest BCUT2D eigenvalue weighted by atomic mass is 9.91. The van der Waals surface area contributed by atoms with Crippen LogP contribution in [0.3, 0.4) is 0 Å². The van der Waals surface area contributed by atoms with Crippen LogP contribution in [-0.4, -0.2) is 34.7 Å². The molecule has 0 radical (unpaired) electrons. The van der Waals surface area contributed by atoms with Crippen LogP contribution in [0.2, 0.25) is 0 Å². The minimum absolute atomic E-state index is 0.0651. The second-order valence-electron chi connectivity index (χ2n) is 5.88. The lowest BCUT2D eigenvalue weighted by molar-refractivity contribution is -0.137. The summed E-state index contributed by atoms with van der Waals surface area (Å²) in [7, 11) is 3.14. The second kappa shape index (κ2) is 6.84. The van der Waals surface area contributed by atoms with Gasteiger partial charge in [-0.15, -0.1) is 0 Å². The highest BCUT2D eigenvalue weighted by Crippen LogP contribution is 2.37. The molecule has 0 fully saturated rings.